The van der Waals surface area contributed by atoms with Crippen LogP contribution in [0.5, 0.6) is 11.5 Å². The third kappa shape index (κ3) is 6.57. The number of hydrogen-bond acceptors (Lipinski definition) is 5. The lowest BCUT2D eigenvalue weighted by Crippen LogP contribution is -2.21. The lowest BCUT2D eigenvalue weighted by Gasteiger charge is -2.12. The Morgan fingerprint density at radius 2 is 1.79 bits per heavy atom. The van der Waals surface area contributed by atoms with Gasteiger partial charge < -0.3 is 25.8 Å². The summed E-state index contributed by atoms with van der Waals surface area (Å²) < 4.78 is 24.5. The van der Waals surface area contributed by atoms with Gasteiger partial charge in [0.1, 0.15) is 5.82 Å². The largest absolute Gasteiger partial charge is 0.493 e. The number of benzene rings is 3. The van der Waals surface area contributed by atoms with E-state index < -0.39 is 11.7 Å². The summed E-state index contributed by atoms with van der Waals surface area (Å²) in [5, 5.41) is 5.17. The van der Waals surface area contributed by atoms with Crippen LogP contribution >= 0.6 is 0 Å². The lowest BCUT2D eigenvalue weighted by molar-refractivity contribution is -0.118. The topological polar surface area (TPSA) is 103 Å². The zero-order valence-corrected chi connectivity index (χ0v) is 18.2. The van der Waals surface area contributed by atoms with Gasteiger partial charge in [0.05, 0.1) is 24.2 Å². The van der Waals surface area contributed by atoms with Crippen LogP contribution in [-0.4, -0.2) is 25.5 Å². The zero-order chi connectivity index (χ0) is 23.8. The molecule has 2 amide bonds. The first-order valence-corrected chi connectivity index (χ1v) is 10.1. The van der Waals surface area contributed by atoms with E-state index in [2.05, 4.69) is 10.6 Å². The molecule has 0 bridgehead atoms. The van der Waals surface area contributed by atoms with Crippen LogP contribution in [0, 0.1) is 12.7 Å². The molecule has 4 N–H and O–H groups in total. The number of halogens is 1. The maximum Gasteiger partial charge on any atom is 0.262 e. The number of carbonyl (C=O) groups is 2. The Balaban J connectivity index is 1.64. The van der Waals surface area contributed by atoms with Gasteiger partial charge in [0.15, 0.2) is 18.1 Å². The molecule has 0 fully saturated rings. The SMILES string of the molecule is COc1ccc(/C=C/C(=O)Nc2ccc(C)cc2N)cc1OCC(=O)Nc1ccccc1F. The Kier molecular flexibility index (Phi) is 7.64. The number of nitrogen functional groups attached to an aromatic ring is 1. The summed E-state index contributed by atoms with van der Waals surface area (Å²) in [7, 11) is 1.47. The molecule has 0 spiro atoms. The normalized spacial score (nSPS) is 10.6. The van der Waals surface area contributed by atoms with Crippen molar-refractivity contribution in [1.29, 1.82) is 0 Å². The van der Waals surface area contributed by atoms with Gasteiger partial charge in [0.25, 0.3) is 5.91 Å². The van der Waals surface area contributed by atoms with Crippen molar-refractivity contribution in [2.45, 2.75) is 6.92 Å². The first-order valence-electron chi connectivity index (χ1n) is 10.1. The maximum atomic E-state index is 13.7. The first-order chi connectivity index (χ1) is 15.9. The van der Waals surface area contributed by atoms with Gasteiger partial charge in [-0.1, -0.05) is 24.3 Å². The van der Waals surface area contributed by atoms with Gasteiger partial charge in [-0.2, -0.15) is 0 Å². The van der Waals surface area contributed by atoms with Crippen LogP contribution in [0.3, 0.4) is 0 Å². The van der Waals surface area contributed by atoms with Crippen molar-refractivity contribution in [3.8, 4) is 11.5 Å². The van der Waals surface area contributed by atoms with Crippen LogP contribution < -0.4 is 25.8 Å². The molecule has 0 saturated heterocycles. The zero-order valence-electron chi connectivity index (χ0n) is 18.2. The van der Waals surface area contributed by atoms with E-state index in [0.29, 0.717) is 28.4 Å². The Bertz CT molecular complexity index is 1190. The number of amides is 2. The van der Waals surface area contributed by atoms with Gasteiger partial charge in [-0.15, -0.1) is 0 Å². The van der Waals surface area contributed by atoms with E-state index in [1.54, 1.807) is 42.5 Å². The van der Waals surface area contributed by atoms with Crippen molar-refractivity contribution in [3.05, 3.63) is 83.7 Å². The second kappa shape index (κ2) is 10.8. The third-order valence-electron chi connectivity index (χ3n) is 4.59. The summed E-state index contributed by atoms with van der Waals surface area (Å²) in [6.07, 6.45) is 2.95. The molecule has 3 aromatic carbocycles. The summed E-state index contributed by atoms with van der Waals surface area (Å²) >= 11 is 0. The molecule has 0 aliphatic rings. The van der Waals surface area contributed by atoms with E-state index in [9.17, 15) is 14.0 Å². The molecule has 0 radical (unpaired) electrons. The highest BCUT2D eigenvalue weighted by atomic mass is 19.1. The van der Waals surface area contributed by atoms with E-state index in [0.717, 1.165) is 5.56 Å². The summed E-state index contributed by atoms with van der Waals surface area (Å²) in [6, 6.07) is 16.2. The van der Waals surface area contributed by atoms with E-state index in [1.165, 1.54) is 31.4 Å². The number of nitrogens with one attached hydrogen (secondary N) is 2. The molecule has 8 heteroatoms. The molecule has 0 saturated carbocycles. The van der Waals surface area contributed by atoms with Crippen LogP contribution in [0.15, 0.2) is 66.7 Å². The molecule has 0 atom stereocenters. The smallest absolute Gasteiger partial charge is 0.262 e. The minimum Gasteiger partial charge on any atom is -0.493 e. The number of anilines is 3. The molecule has 0 heterocycles. The summed E-state index contributed by atoms with van der Waals surface area (Å²) in [6.45, 7) is 1.56. The summed E-state index contributed by atoms with van der Waals surface area (Å²) in [4.78, 5) is 24.4. The number of methoxy groups -OCH3 is 1. The van der Waals surface area contributed by atoms with Crippen molar-refractivity contribution in [2.75, 3.05) is 30.1 Å². The molecule has 3 rings (SSSR count). The van der Waals surface area contributed by atoms with Crippen LogP contribution in [0.25, 0.3) is 6.08 Å². The molecule has 0 aromatic heterocycles. The Hall–Kier alpha value is -4.33. The van der Waals surface area contributed by atoms with Gasteiger partial charge in [-0.3, -0.25) is 9.59 Å². The molecular formula is C25H24FN3O4. The number of nitrogens with two attached hydrogens (primary N) is 1. The van der Waals surface area contributed by atoms with Crippen molar-refractivity contribution in [2.24, 2.45) is 0 Å². The average molecular weight is 449 g/mol. The van der Waals surface area contributed by atoms with Gasteiger partial charge in [-0.05, 0) is 60.5 Å². The van der Waals surface area contributed by atoms with Gasteiger partial charge in [-0.25, -0.2) is 4.39 Å². The van der Waals surface area contributed by atoms with E-state index in [-0.39, 0.29) is 18.2 Å². The number of ether oxygens (including phenoxy) is 2. The third-order valence-corrected chi connectivity index (χ3v) is 4.59. The van der Waals surface area contributed by atoms with Crippen molar-refractivity contribution >= 4 is 35.0 Å². The number of rotatable bonds is 8. The fraction of sp³-hybridized carbons (Fsp3) is 0.120. The van der Waals surface area contributed by atoms with Gasteiger partial charge in [0.2, 0.25) is 5.91 Å². The first kappa shape index (κ1) is 23.3. The van der Waals surface area contributed by atoms with Gasteiger partial charge >= 0.3 is 0 Å². The van der Waals surface area contributed by atoms with Crippen molar-refractivity contribution in [3.63, 3.8) is 0 Å². The predicted octanol–water partition coefficient (Wildman–Crippen LogP) is 4.39. The minimum absolute atomic E-state index is 0.0648. The number of hydrogen-bond donors (Lipinski definition) is 3. The molecule has 0 aliphatic heterocycles. The molecule has 3 aromatic rings. The van der Waals surface area contributed by atoms with Crippen LogP contribution in [0.4, 0.5) is 21.5 Å². The monoisotopic (exact) mass is 449 g/mol. The van der Waals surface area contributed by atoms with Crippen molar-refractivity contribution in [1.82, 2.24) is 0 Å². The molecule has 0 aliphatic carbocycles. The van der Waals surface area contributed by atoms with Crippen LogP contribution in [0.2, 0.25) is 0 Å². The highest BCUT2D eigenvalue weighted by Gasteiger charge is 2.11. The summed E-state index contributed by atoms with van der Waals surface area (Å²) in [5.41, 5.74) is 8.63. The Labute approximate surface area is 191 Å². The molecule has 170 valence electrons. The van der Waals surface area contributed by atoms with Gasteiger partial charge in [0, 0.05) is 6.08 Å². The fourth-order valence-corrected chi connectivity index (χ4v) is 2.94. The van der Waals surface area contributed by atoms with E-state index >= 15 is 0 Å². The molecule has 7 nitrogen and oxygen atoms in total. The standard InChI is InChI=1S/C25H24FN3O4/c1-16-7-10-21(19(27)13-16)29-24(30)12-9-17-8-11-22(32-2)23(14-17)33-15-25(31)28-20-6-4-3-5-18(20)26/h3-14H,15,27H2,1-2H3,(H,28,31)(H,29,30)/b12-9+. The lowest BCUT2D eigenvalue weighted by atomic mass is 10.1. The number of aryl methyl sites for hydroxylation is 1. The fourth-order valence-electron chi connectivity index (χ4n) is 2.94. The highest BCUT2D eigenvalue weighted by Crippen LogP contribution is 2.29. The Morgan fingerprint density at radius 1 is 1.00 bits per heavy atom. The van der Waals surface area contributed by atoms with Crippen LogP contribution in [-0.2, 0) is 9.59 Å². The van der Waals surface area contributed by atoms with E-state index in [1.807, 2.05) is 13.0 Å². The molecule has 33 heavy (non-hydrogen) atoms. The average Bonchev–Trinajstić information content (AvgIpc) is 2.79. The van der Waals surface area contributed by atoms with E-state index in [4.69, 9.17) is 15.2 Å². The second-order valence-corrected chi connectivity index (χ2v) is 7.14. The number of para-hydroxylation sites is 1. The van der Waals surface area contributed by atoms with Crippen LogP contribution in [0.1, 0.15) is 11.1 Å². The minimum atomic E-state index is -0.541. The molecular weight excluding hydrogens is 425 g/mol. The Morgan fingerprint density at radius 3 is 2.52 bits per heavy atom. The predicted molar refractivity (Wildman–Crippen MR) is 127 cm³/mol. The maximum absolute atomic E-state index is 13.7. The highest BCUT2D eigenvalue weighted by molar-refractivity contribution is 6.03. The second-order valence-electron chi connectivity index (χ2n) is 7.14. The number of carbonyl (C=O) groups excluding carboxylic acids is 2. The summed E-state index contributed by atoms with van der Waals surface area (Å²) in [5.74, 6) is -0.721. The van der Waals surface area contributed by atoms with Crippen molar-refractivity contribution < 1.29 is 23.5 Å². The quantitative estimate of drug-likeness (QED) is 0.350. The molecule has 0 unspecified atom stereocenters.